The number of carbonyl (C=O) groups excluding carboxylic acids is 1. The fourth-order valence-electron chi connectivity index (χ4n) is 3.34. The second-order valence-corrected chi connectivity index (χ2v) is 9.39. The zero-order valence-corrected chi connectivity index (χ0v) is 17.8. The highest BCUT2D eigenvalue weighted by atomic mass is 35.5. The summed E-state index contributed by atoms with van der Waals surface area (Å²) in [5, 5.41) is 3.36. The molecule has 0 aromatic heterocycles. The third-order valence-corrected chi connectivity index (χ3v) is 7.20. The molecule has 2 aromatic carbocycles. The average molecular weight is 436 g/mol. The van der Waals surface area contributed by atoms with Gasteiger partial charge in [0.15, 0.2) is 0 Å². The van der Waals surface area contributed by atoms with E-state index >= 15 is 0 Å². The number of rotatable bonds is 8. The molecule has 0 atom stereocenters. The zero-order valence-electron chi connectivity index (χ0n) is 16.3. The topological polar surface area (TPSA) is 69.7 Å². The summed E-state index contributed by atoms with van der Waals surface area (Å²) in [7, 11) is -3.70. The Morgan fingerprint density at radius 2 is 1.69 bits per heavy atom. The number of hydrogen-bond acceptors (Lipinski definition) is 3. The van der Waals surface area contributed by atoms with Gasteiger partial charge in [0.1, 0.15) is 0 Å². The van der Waals surface area contributed by atoms with Crippen LogP contribution in [0.5, 0.6) is 0 Å². The van der Waals surface area contributed by atoms with Crippen LogP contribution in [-0.2, 0) is 28.0 Å². The Morgan fingerprint density at radius 3 is 2.45 bits per heavy atom. The average Bonchev–Trinajstić information content (AvgIpc) is 2.71. The van der Waals surface area contributed by atoms with Crippen LogP contribution < -0.4 is 5.32 Å². The lowest BCUT2D eigenvalue weighted by Crippen LogP contribution is -2.52. The summed E-state index contributed by atoms with van der Waals surface area (Å²) in [5.41, 5.74) is 1.97. The first-order valence-corrected chi connectivity index (χ1v) is 11.5. The summed E-state index contributed by atoms with van der Waals surface area (Å²) in [6.45, 7) is 1.33. The summed E-state index contributed by atoms with van der Waals surface area (Å²) in [6, 6.07) is 17.3. The van der Waals surface area contributed by atoms with Gasteiger partial charge in [0.05, 0.1) is 6.54 Å². The maximum Gasteiger partial charge on any atom is 0.282 e. The van der Waals surface area contributed by atoms with Crippen LogP contribution in [0.15, 0.2) is 54.6 Å². The Bertz CT molecular complexity index is 922. The first-order valence-electron chi connectivity index (χ1n) is 9.76. The molecule has 0 saturated carbocycles. The molecule has 156 valence electrons. The Morgan fingerprint density at radius 1 is 1.00 bits per heavy atom. The molecule has 8 heteroatoms. The SMILES string of the molecule is O=C(CN1CCCN(Cc2ccccc2Cl)S1(=O)=O)NCCCc1ccccc1. The monoisotopic (exact) mass is 435 g/mol. The second kappa shape index (κ2) is 10.2. The van der Waals surface area contributed by atoms with Gasteiger partial charge in [0.2, 0.25) is 5.91 Å². The highest BCUT2D eigenvalue weighted by Gasteiger charge is 2.34. The second-order valence-electron chi connectivity index (χ2n) is 7.06. The smallest absolute Gasteiger partial charge is 0.282 e. The fourth-order valence-corrected chi connectivity index (χ4v) is 5.16. The molecule has 1 fully saturated rings. The van der Waals surface area contributed by atoms with Crippen LogP contribution in [0.1, 0.15) is 24.0 Å². The van der Waals surface area contributed by atoms with E-state index in [0.29, 0.717) is 31.1 Å². The van der Waals surface area contributed by atoms with Gasteiger partial charge in [-0.15, -0.1) is 0 Å². The van der Waals surface area contributed by atoms with Crippen LogP contribution in [0.3, 0.4) is 0 Å². The van der Waals surface area contributed by atoms with Gasteiger partial charge < -0.3 is 5.32 Å². The van der Waals surface area contributed by atoms with Crippen LogP contribution in [0.25, 0.3) is 0 Å². The van der Waals surface area contributed by atoms with Crippen LogP contribution in [0, 0.1) is 0 Å². The molecule has 1 N–H and O–H groups in total. The minimum Gasteiger partial charge on any atom is -0.355 e. The van der Waals surface area contributed by atoms with Gasteiger partial charge in [-0.3, -0.25) is 4.79 Å². The maximum absolute atomic E-state index is 12.9. The fraction of sp³-hybridized carbons (Fsp3) is 0.381. The summed E-state index contributed by atoms with van der Waals surface area (Å²) < 4.78 is 28.5. The van der Waals surface area contributed by atoms with Gasteiger partial charge >= 0.3 is 0 Å². The minimum absolute atomic E-state index is 0.160. The van der Waals surface area contributed by atoms with Crippen molar-refractivity contribution in [1.82, 2.24) is 13.9 Å². The Balaban J connectivity index is 1.50. The lowest BCUT2D eigenvalue weighted by Gasteiger charge is -2.34. The molecule has 1 heterocycles. The molecule has 1 saturated heterocycles. The van der Waals surface area contributed by atoms with E-state index in [2.05, 4.69) is 17.4 Å². The highest BCUT2D eigenvalue weighted by Crippen LogP contribution is 2.22. The summed E-state index contributed by atoms with van der Waals surface area (Å²) in [5.74, 6) is -0.277. The van der Waals surface area contributed by atoms with E-state index < -0.39 is 10.2 Å². The molecule has 3 rings (SSSR count). The molecular formula is C21H26ClN3O3S. The summed E-state index contributed by atoms with van der Waals surface area (Å²) in [6.07, 6.45) is 2.35. The van der Waals surface area contributed by atoms with Crippen LogP contribution in [-0.4, -0.2) is 49.1 Å². The van der Waals surface area contributed by atoms with Gasteiger partial charge in [-0.2, -0.15) is 17.0 Å². The third kappa shape index (κ3) is 6.02. The zero-order chi connectivity index (χ0) is 20.7. The third-order valence-electron chi connectivity index (χ3n) is 4.90. The number of benzene rings is 2. The number of nitrogens with zero attached hydrogens (tertiary/aromatic N) is 2. The van der Waals surface area contributed by atoms with Crippen LogP contribution >= 0.6 is 11.6 Å². The molecular weight excluding hydrogens is 410 g/mol. The molecule has 6 nitrogen and oxygen atoms in total. The van der Waals surface area contributed by atoms with Crippen molar-refractivity contribution in [1.29, 1.82) is 0 Å². The summed E-state index contributed by atoms with van der Waals surface area (Å²) in [4.78, 5) is 12.3. The standard InChI is InChI=1S/C21H26ClN3O3S/c22-20-12-5-4-11-19(20)16-24-14-7-15-25(29(24,27)28)17-21(26)23-13-6-10-18-8-2-1-3-9-18/h1-5,8-9,11-12H,6-7,10,13-17H2,(H,23,26). The molecule has 1 aliphatic rings. The lowest BCUT2D eigenvalue weighted by molar-refractivity contribution is -0.121. The van der Waals surface area contributed by atoms with E-state index in [1.807, 2.05) is 36.4 Å². The number of hydrogen-bond donors (Lipinski definition) is 1. The Kier molecular flexibility index (Phi) is 7.66. The van der Waals surface area contributed by atoms with Gasteiger partial charge in [0.25, 0.3) is 10.2 Å². The maximum atomic E-state index is 12.9. The molecule has 1 amide bonds. The lowest BCUT2D eigenvalue weighted by atomic mass is 10.1. The van der Waals surface area contributed by atoms with Crippen LogP contribution in [0.4, 0.5) is 0 Å². The van der Waals surface area contributed by atoms with Gasteiger partial charge in [-0.05, 0) is 36.5 Å². The van der Waals surface area contributed by atoms with Crippen molar-refractivity contribution in [3.63, 3.8) is 0 Å². The minimum atomic E-state index is -3.70. The Hall–Kier alpha value is -1.93. The van der Waals surface area contributed by atoms with E-state index in [-0.39, 0.29) is 19.0 Å². The molecule has 0 bridgehead atoms. The highest BCUT2D eigenvalue weighted by molar-refractivity contribution is 7.86. The predicted molar refractivity (Wildman–Crippen MR) is 115 cm³/mol. The number of nitrogens with one attached hydrogen (secondary N) is 1. The normalized spacial score (nSPS) is 17.1. The molecule has 0 spiro atoms. The molecule has 2 aromatic rings. The largest absolute Gasteiger partial charge is 0.355 e. The predicted octanol–water partition coefficient (Wildman–Crippen LogP) is 2.84. The van der Waals surface area contributed by atoms with Gasteiger partial charge in [0, 0.05) is 31.2 Å². The first-order chi connectivity index (χ1) is 14.0. The van der Waals surface area contributed by atoms with Crippen LogP contribution in [0.2, 0.25) is 5.02 Å². The molecule has 1 aliphatic heterocycles. The van der Waals surface area contributed by atoms with Crippen molar-refractivity contribution in [2.24, 2.45) is 0 Å². The molecule has 0 aliphatic carbocycles. The van der Waals surface area contributed by atoms with E-state index in [9.17, 15) is 13.2 Å². The van der Waals surface area contributed by atoms with Gasteiger partial charge in [-0.25, -0.2) is 0 Å². The van der Waals surface area contributed by atoms with Crippen molar-refractivity contribution in [3.8, 4) is 0 Å². The van der Waals surface area contributed by atoms with Gasteiger partial charge in [-0.1, -0.05) is 60.1 Å². The van der Waals surface area contributed by atoms with Crippen molar-refractivity contribution in [2.45, 2.75) is 25.8 Å². The summed E-state index contributed by atoms with van der Waals surface area (Å²) >= 11 is 6.17. The Labute approximate surface area is 177 Å². The van der Waals surface area contributed by atoms with Crippen molar-refractivity contribution in [3.05, 3.63) is 70.7 Å². The van der Waals surface area contributed by atoms with E-state index in [0.717, 1.165) is 18.4 Å². The van der Waals surface area contributed by atoms with E-state index in [1.165, 1.54) is 14.2 Å². The number of amides is 1. The van der Waals surface area contributed by atoms with Crippen molar-refractivity contribution in [2.75, 3.05) is 26.2 Å². The van der Waals surface area contributed by atoms with E-state index in [4.69, 9.17) is 11.6 Å². The van der Waals surface area contributed by atoms with Crippen molar-refractivity contribution >= 4 is 27.7 Å². The van der Waals surface area contributed by atoms with E-state index in [1.54, 1.807) is 6.07 Å². The number of aryl methyl sites for hydroxylation is 1. The van der Waals surface area contributed by atoms with Crippen molar-refractivity contribution < 1.29 is 13.2 Å². The quantitative estimate of drug-likeness (QED) is 0.648. The molecule has 0 radical (unpaired) electrons. The first kappa shape index (κ1) is 21.8. The molecule has 29 heavy (non-hydrogen) atoms. The number of halogens is 1. The molecule has 0 unspecified atom stereocenters. The number of carbonyl (C=O) groups is 1.